The van der Waals surface area contributed by atoms with E-state index < -0.39 is 12.0 Å². The number of hydrogen-bond donors (Lipinski definition) is 0. The highest BCUT2D eigenvalue weighted by molar-refractivity contribution is 5.99. The van der Waals surface area contributed by atoms with E-state index in [4.69, 9.17) is 0 Å². The van der Waals surface area contributed by atoms with Gasteiger partial charge in [0.25, 0.3) is 5.91 Å². The summed E-state index contributed by atoms with van der Waals surface area (Å²) >= 11 is 0. The third-order valence-corrected chi connectivity index (χ3v) is 5.45. The van der Waals surface area contributed by atoms with Crippen molar-refractivity contribution in [1.82, 2.24) is 24.3 Å². The van der Waals surface area contributed by atoms with Gasteiger partial charge in [0.1, 0.15) is 18.1 Å². The van der Waals surface area contributed by atoms with E-state index in [-0.39, 0.29) is 24.9 Å². The molecule has 9 heteroatoms. The maximum absolute atomic E-state index is 13.1. The number of benzene rings is 1. The van der Waals surface area contributed by atoms with Gasteiger partial charge in [0.2, 0.25) is 5.91 Å². The van der Waals surface area contributed by atoms with Gasteiger partial charge < -0.3 is 19.1 Å². The predicted octanol–water partition coefficient (Wildman–Crippen LogP) is 1.33. The van der Waals surface area contributed by atoms with Crippen LogP contribution in [0.1, 0.15) is 22.8 Å². The minimum atomic E-state index is -0.683. The van der Waals surface area contributed by atoms with Crippen molar-refractivity contribution in [3.63, 3.8) is 0 Å². The van der Waals surface area contributed by atoms with Crippen LogP contribution in [0.25, 0.3) is 11.2 Å². The van der Waals surface area contributed by atoms with Crippen LogP contribution in [0.15, 0.2) is 48.9 Å². The van der Waals surface area contributed by atoms with E-state index in [1.54, 1.807) is 19.3 Å². The molecule has 1 saturated heterocycles. The fourth-order valence-corrected chi connectivity index (χ4v) is 3.71. The minimum Gasteiger partial charge on any atom is -0.468 e. The molecule has 1 fully saturated rings. The van der Waals surface area contributed by atoms with Crippen molar-refractivity contribution in [2.24, 2.45) is 0 Å². The zero-order valence-corrected chi connectivity index (χ0v) is 17.4. The Morgan fingerprint density at radius 2 is 1.94 bits per heavy atom. The van der Waals surface area contributed by atoms with Gasteiger partial charge in [0, 0.05) is 19.3 Å². The van der Waals surface area contributed by atoms with Crippen LogP contribution in [0, 0.1) is 0 Å². The summed E-state index contributed by atoms with van der Waals surface area (Å²) in [7, 11) is 1.28. The normalized spacial score (nSPS) is 16.6. The molecule has 0 aliphatic carbocycles. The van der Waals surface area contributed by atoms with Gasteiger partial charge in [-0.25, -0.2) is 9.97 Å². The molecule has 160 valence electrons. The molecule has 0 radical (unpaired) electrons. The largest absolute Gasteiger partial charge is 0.468 e. The number of piperazine rings is 1. The lowest BCUT2D eigenvalue weighted by Crippen LogP contribution is -2.58. The molecule has 9 nitrogen and oxygen atoms in total. The number of carbonyl (C=O) groups excluding carboxylic acids is 3. The van der Waals surface area contributed by atoms with Crippen LogP contribution in [0.5, 0.6) is 0 Å². The molecule has 1 aliphatic rings. The van der Waals surface area contributed by atoms with Gasteiger partial charge >= 0.3 is 5.97 Å². The second kappa shape index (κ2) is 8.55. The Labute approximate surface area is 179 Å². The van der Waals surface area contributed by atoms with E-state index in [9.17, 15) is 14.4 Å². The molecule has 3 aromatic rings. The number of amides is 2. The fourth-order valence-electron chi connectivity index (χ4n) is 3.71. The number of rotatable bonds is 5. The summed E-state index contributed by atoms with van der Waals surface area (Å²) in [5, 5.41) is 0. The second-order valence-corrected chi connectivity index (χ2v) is 7.44. The Bertz CT molecular complexity index is 1130. The van der Waals surface area contributed by atoms with Crippen molar-refractivity contribution in [2.45, 2.75) is 19.5 Å². The highest BCUT2D eigenvalue weighted by Gasteiger charge is 2.35. The standard InChI is InChI=1S/C22H23N5O4/c1-15-21(29)25(13-19(28)31-2)8-9-27(15)22(30)17-10-18-20(23-11-17)26(14-24-18)12-16-6-4-3-5-7-16/h3-7,10-11,14-15H,8-9,12-13H2,1-2H3. The molecule has 2 aromatic heterocycles. The summed E-state index contributed by atoms with van der Waals surface area (Å²) in [6, 6.07) is 11.0. The van der Waals surface area contributed by atoms with Gasteiger partial charge in [-0.3, -0.25) is 14.4 Å². The molecule has 2 amide bonds. The van der Waals surface area contributed by atoms with E-state index in [0.29, 0.717) is 29.8 Å². The smallest absolute Gasteiger partial charge is 0.325 e. The third kappa shape index (κ3) is 4.11. The Morgan fingerprint density at radius 1 is 1.16 bits per heavy atom. The molecule has 1 aliphatic heterocycles. The number of hydrogen-bond acceptors (Lipinski definition) is 6. The van der Waals surface area contributed by atoms with E-state index >= 15 is 0 Å². The predicted molar refractivity (Wildman–Crippen MR) is 112 cm³/mol. The summed E-state index contributed by atoms with van der Waals surface area (Å²) < 4.78 is 6.56. The second-order valence-electron chi connectivity index (χ2n) is 7.44. The summed E-state index contributed by atoms with van der Waals surface area (Å²) in [4.78, 5) is 48.9. The molecule has 4 rings (SSSR count). The summed E-state index contributed by atoms with van der Waals surface area (Å²) in [5.41, 5.74) is 2.80. The van der Waals surface area contributed by atoms with Gasteiger partial charge in [-0.2, -0.15) is 0 Å². The molecule has 3 heterocycles. The zero-order chi connectivity index (χ0) is 22.0. The van der Waals surface area contributed by atoms with Gasteiger partial charge in [-0.1, -0.05) is 30.3 Å². The molecule has 31 heavy (non-hydrogen) atoms. The van der Waals surface area contributed by atoms with Crippen LogP contribution >= 0.6 is 0 Å². The number of aromatic nitrogens is 3. The van der Waals surface area contributed by atoms with Gasteiger partial charge in [-0.05, 0) is 18.6 Å². The molecule has 0 spiro atoms. The van der Waals surface area contributed by atoms with Crippen LogP contribution < -0.4 is 0 Å². The topological polar surface area (TPSA) is 97.6 Å². The average molecular weight is 421 g/mol. The summed E-state index contributed by atoms with van der Waals surface area (Å²) in [6.07, 6.45) is 3.22. The van der Waals surface area contributed by atoms with Crippen LogP contribution in [-0.2, 0) is 20.9 Å². The number of fused-ring (bicyclic) bond motifs is 1. The molecule has 0 N–H and O–H groups in total. The number of pyridine rings is 1. The van der Waals surface area contributed by atoms with Crippen molar-refractivity contribution in [2.75, 3.05) is 26.7 Å². The zero-order valence-electron chi connectivity index (χ0n) is 17.4. The number of esters is 1. The highest BCUT2D eigenvalue weighted by Crippen LogP contribution is 2.18. The highest BCUT2D eigenvalue weighted by atomic mass is 16.5. The monoisotopic (exact) mass is 421 g/mol. The lowest BCUT2D eigenvalue weighted by Gasteiger charge is -2.38. The van der Waals surface area contributed by atoms with Crippen molar-refractivity contribution in [1.29, 1.82) is 0 Å². The van der Waals surface area contributed by atoms with Crippen molar-refractivity contribution < 1.29 is 19.1 Å². The van der Waals surface area contributed by atoms with Gasteiger partial charge in [-0.15, -0.1) is 0 Å². The molecular formula is C22H23N5O4. The Morgan fingerprint density at radius 3 is 2.68 bits per heavy atom. The molecular weight excluding hydrogens is 398 g/mol. The van der Waals surface area contributed by atoms with E-state index in [1.807, 2.05) is 34.9 Å². The Hall–Kier alpha value is -3.75. The quantitative estimate of drug-likeness (QED) is 0.577. The van der Waals surface area contributed by atoms with Crippen molar-refractivity contribution >= 4 is 28.9 Å². The molecule has 1 unspecified atom stereocenters. The van der Waals surface area contributed by atoms with Crippen LogP contribution in [0.2, 0.25) is 0 Å². The Balaban J connectivity index is 1.50. The number of methoxy groups -OCH3 is 1. The van der Waals surface area contributed by atoms with Crippen molar-refractivity contribution in [3.8, 4) is 0 Å². The Kier molecular flexibility index (Phi) is 5.66. The first-order valence-electron chi connectivity index (χ1n) is 9.99. The third-order valence-electron chi connectivity index (χ3n) is 5.45. The summed E-state index contributed by atoms with van der Waals surface area (Å²) in [6.45, 7) is 2.76. The van der Waals surface area contributed by atoms with Crippen molar-refractivity contribution in [3.05, 3.63) is 60.0 Å². The average Bonchev–Trinajstić information content (AvgIpc) is 3.19. The van der Waals surface area contributed by atoms with Crippen LogP contribution in [0.3, 0.4) is 0 Å². The fraction of sp³-hybridized carbons (Fsp3) is 0.318. The maximum atomic E-state index is 13.1. The first kappa shape index (κ1) is 20.5. The molecule has 1 atom stereocenters. The minimum absolute atomic E-state index is 0.117. The number of nitrogens with zero attached hydrogens (tertiary/aromatic N) is 5. The maximum Gasteiger partial charge on any atom is 0.325 e. The van der Waals surface area contributed by atoms with E-state index in [0.717, 1.165) is 5.56 Å². The van der Waals surface area contributed by atoms with Gasteiger partial charge in [0.15, 0.2) is 5.65 Å². The number of imidazole rings is 1. The van der Waals surface area contributed by atoms with Gasteiger partial charge in [0.05, 0.1) is 25.5 Å². The van der Waals surface area contributed by atoms with Crippen LogP contribution in [-0.4, -0.2) is 74.9 Å². The molecule has 0 bridgehead atoms. The molecule has 0 saturated carbocycles. The lowest BCUT2D eigenvalue weighted by molar-refractivity contribution is -0.150. The van der Waals surface area contributed by atoms with E-state index in [2.05, 4.69) is 14.7 Å². The lowest BCUT2D eigenvalue weighted by atomic mass is 10.1. The first-order chi connectivity index (χ1) is 15.0. The SMILES string of the molecule is COC(=O)CN1CCN(C(=O)c2cnc3c(c2)ncn3Cc2ccccc2)C(C)C1=O. The number of carbonyl (C=O) groups is 3. The molecule has 1 aromatic carbocycles. The van der Waals surface area contributed by atoms with Crippen LogP contribution in [0.4, 0.5) is 0 Å². The summed E-state index contributed by atoms with van der Waals surface area (Å²) in [5.74, 6) is -1.06. The first-order valence-corrected chi connectivity index (χ1v) is 9.99. The number of ether oxygens (including phenoxy) is 1. The van der Waals surface area contributed by atoms with E-state index in [1.165, 1.54) is 23.1 Å².